The molecule has 0 amide bonds. The Balaban J connectivity index is 2.00. The van der Waals surface area contributed by atoms with Crippen LogP contribution in [0.1, 0.15) is 52.4 Å². The second-order valence-electron chi connectivity index (χ2n) is 5.94. The zero-order chi connectivity index (χ0) is 8.40. The summed E-state index contributed by atoms with van der Waals surface area (Å²) >= 11 is 0. The summed E-state index contributed by atoms with van der Waals surface area (Å²) < 4.78 is 0. The molecule has 0 heterocycles. The molecule has 12 heavy (non-hydrogen) atoms. The standard InChI is InChI=1S/C12H20/c1-11(2)9-5-3-7-12(9)8-4-6-10(11)12/h9-10H,3-8H2,1-2H3. The van der Waals surface area contributed by atoms with Gasteiger partial charge in [-0.2, -0.15) is 0 Å². The van der Waals surface area contributed by atoms with Crippen LogP contribution in [0.15, 0.2) is 0 Å². The largest absolute Gasteiger partial charge is 0.0593 e. The zero-order valence-electron chi connectivity index (χ0n) is 8.40. The van der Waals surface area contributed by atoms with E-state index in [9.17, 15) is 0 Å². The van der Waals surface area contributed by atoms with Crippen molar-refractivity contribution < 1.29 is 0 Å². The van der Waals surface area contributed by atoms with Crippen molar-refractivity contribution in [3.8, 4) is 0 Å². The van der Waals surface area contributed by atoms with Gasteiger partial charge in [-0.3, -0.25) is 0 Å². The average molecular weight is 164 g/mol. The Morgan fingerprint density at radius 1 is 0.917 bits per heavy atom. The van der Waals surface area contributed by atoms with Gasteiger partial charge in [0.15, 0.2) is 0 Å². The molecule has 0 N–H and O–H groups in total. The summed E-state index contributed by atoms with van der Waals surface area (Å²) in [5, 5.41) is 0. The SMILES string of the molecule is CC1(C)C2CCCC23CCCC13. The fourth-order valence-corrected chi connectivity index (χ4v) is 5.28. The Kier molecular flexibility index (Phi) is 1.18. The second kappa shape index (κ2) is 1.91. The predicted octanol–water partition coefficient (Wildman–Crippen LogP) is 3.61. The van der Waals surface area contributed by atoms with Crippen molar-refractivity contribution in [3.63, 3.8) is 0 Å². The molecule has 0 aromatic carbocycles. The first-order valence-electron chi connectivity index (χ1n) is 5.68. The van der Waals surface area contributed by atoms with Crippen LogP contribution in [0.3, 0.4) is 0 Å². The fraction of sp³-hybridized carbons (Fsp3) is 1.00. The van der Waals surface area contributed by atoms with Gasteiger partial charge in [0.25, 0.3) is 0 Å². The fourth-order valence-electron chi connectivity index (χ4n) is 5.28. The molecule has 2 atom stereocenters. The van der Waals surface area contributed by atoms with Crippen LogP contribution in [0.4, 0.5) is 0 Å². The molecule has 3 rings (SSSR count). The molecular weight excluding hydrogens is 144 g/mol. The lowest BCUT2D eigenvalue weighted by Crippen LogP contribution is -2.56. The van der Waals surface area contributed by atoms with Gasteiger partial charge in [0.05, 0.1) is 0 Å². The predicted molar refractivity (Wildman–Crippen MR) is 50.9 cm³/mol. The van der Waals surface area contributed by atoms with E-state index in [1.807, 2.05) is 0 Å². The summed E-state index contributed by atoms with van der Waals surface area (Å²) in [5.41, 5.74) is 1.59. The highest BCUT2D eigenvalue weighted by Crippen LogP contribution is 2.76. The third-order valence-electron chi connectivity index (χ3n) is 5.45. The zero-order valence-corrected chi connectivity index (χ0v) is 8.40. The lowest BCUT2D eigenvalue weighted by atomic mass is 9.42. The first-order valence-corrected chi connectivity index (χ1v) is 5.68. The van der Waals surface area contributed by atoms with Crippen molar-refractivity contribution >= 4 is 0 Å². The number of hydrogen-bond donors (Lipinski definition) is 0. The van der Waals surface area contributed by atoms with Crippen LogP contribution in [-0.4, -0.2) is 0 Å². The average Bonchev–Trinajstić information content (AvgIpc) is 2.58. The molecule has 2 unspecified atom stereocenters. The molecule has 0 aromatic heterocycles. The summed E-state index contributed by atoms with van der Waals surface area (Å²) in [6, 6.07) is 0. The Morgan fingerprint density at radius 2 is 1.42 bits per heavy atom. The lowest BCUT2D eigenvalue weighted by molar-refractivity contribution is -0.141. The van der Waals surface area contributed by atoms with Crippen LogP contribution < -0.4 is 0 Å². The Labute approximate surface area is 75.7 Å². The third-order valence-corrected chi connectivity index (χ3v) is 5.45. The van der Waals surface area contributed by atoms with Crippen LogP contribution in [0.5, 0.6) is 0 Å². The summed E-state index contributed by atoms with van der Waals surface area (Å²) in [4.78, 5) is 0. The van der Waals surface area contributed by atoms with Crippen LogP contribution in [-0.2, 0) is 0 Å². The minimum absolute atomic E-state index is 0.715. The van der Waals surface area contributed by atoms with E-state index in [-0.39, 0.29) is 0 Å². The van der Waals surface area contributed by atoms with Crippen molar-refractivity contribution in [2.75, 3.05) is 0 Å². The van der Waals surface area contributed by atoms with E-state index in [0.29, 0.717) is 5.41 Å². The first kappa shape index (κ1) is 7.41. The van der Waals surface area contributed by atoms with E-state index in [0.717, 1.165) is 17.3 Å². The van der Waals surface area contributed by atoms with E-state index >= 15 is 0 Å². The molecule has 68 valence electrons. The van der Waals surface area contributed by atoms with Crippen molar-refractivity contribution in [1.29, 1.82) is 0 Å². The summed E-state index contributed by atoms with van der Waals surface area (Å²) in [6.45, 7) is 5.05. The molecule has 0 radical (unpaired) electrons. The molecule has 0 nitrogen and oxygen atoms in total. The second-order valence-corrected chi connectivity index (χ2v) is 5.94. The Hall–Kier alpha value is 0. The molecule has 3 saturated carbocycles. The van der Waals surface area contributed by atoms with E-state index in [1.165, 1.54) is 12.8 Å². The van der Waals surface area contributed by atoms with E-state index < -0.39 is 0 Å². The van der Waals surface area contributed by atoms with Gasteiger partial charge in [-0.1, -0.05) is 26.7 Å². The molecule has 1 spiro atoms. The molecular formula is C12H20. The van der Waals surface area contributed by atoms with Crippen molar-refractivity contribution in [2.24, 2.45) is 22.7 Å². The minimum Gasteiger partial charge on any atom is -0.0593 e. The highest BCUT2D eigenvalue weighted by molar-refractivity contribution is 5.17. The quantitative estimate of drug-likeness (QED) is 0.513. The van der Waals surface area contributed by atoms with Gasteiger partial charge in [-0.25, -0.2) is 0 Å². The molecule has 0 bridgehead atoms. The van der Waals surface area contributed by atoms with Gasteiger partial charge >= 0.3 is 0 Å². The van der Waals surface area contributed by atoms with E-state index in [4.69, 9.17) is 0 Å². The van der Waals surface area contributed by atoms with Crippen LogP contribution >= 0.6 is 0 Å². The molecule has 0 aliphatic heterocycles. The van der Waals surface area contributed by atoms with Crippen molar-refractivity contribution in [1.82, 2.24) is 0 Å². The maximum Gasteiger partial charge on any atom is -0.0230 e. The minimum atomic E-state index is 0.715. The molecule has 3 aliphatic rings. The molecule has 3 fully saturated rings. The highest BCUT2D eigenvalue weighted by Gasteiger charge is 2.68. The maximum absolute atomic E-state index is 2.53. The van der Waals surface area contributed by atoms with Crippen molar-refractivity contribution in [3.05, 3.63) is 0 Å². The third kappa shape index (κ3) is 0.561. The lowest BCUT2D eigenvalue weighted by Gasteiger charge is -2.62. The molecule has 0 aromatic rings. The van der Waals surface area contributed by atoms with E-state index in [2.05, 4.69) is 13.8 Å². The van der Waals surface area contributed by atoms with Crippen LogP contribution in [0.25, 0.3) is 0 Å². The van der Waals surface area contributed by atoms with Crippen LogP contribution in [0.2, 0.25) is 0 Å². The molecule has 0 saturated heterocycles. The summed E-state index contributed by atoms with van der Waals surface area (Å²) in [6.07, 6.45) is 9.31. The van der Waals surface area contributed by atoms with E-state index in [1.54, 1.807) is 25.7 Å². The van der Waals surface area contributed by atoms with Gasteiger partial charge in [-0.05, 0) is 48.3 Å². The Bertz CT molecular complexity index is 192. The summed E-state index contributed by atoms with van der Waals surface area (Å²) in [7, 11) is 0. The van der Waals surface area contributed by atoms with Crippen molar-refractivity contribution in [2.45, 2.75) is 52.4 Å². The van der Waals surface area contributed by atoms with Gasteiger partial charge < -0.3 is 0 Å². The number of rotatable bonds is 0. The monoisotopic (exact) mass is 164 g/mol. The molecule has 3 aliphatic carbocycles. The summed E-state index contributed by atoms with van der Waals surface area (Å²) in [5.74, 6) is 2.22. The van der Waals surface area contributed by atoms with Gasteiger partial charge in [-0.15, -0.1) is 0 Å². The van der Waals surface area contributed by atoms with Gasteiger partial charge in [0, 0.05) is 0 Å². The normalized spacial score (nSPS) is 54.5. The molecule has 0 heteroatoms. The maximum atomic E-state index is 2.53. The Morgan fingerprint density at radius 3 is 1.92 bits per heavy atom. The van der Waals surface area contributed by atoms with Crippen LogP contribution in [0, 0.1) is 22.7 Å². The highest BCUT2D eigenvalue weighted by atomic mass is 14.7. The first-order chi connectivity index (χ1) is 5.68. The van der Waals surface area contributed by atoms with Gasteiger partial charge in [0.2, 0.25) is 0 Å². The topological polar surface area (TPSA) is 0 Å². The smallest absolute Gasteiger partial charge is 0.0230 e. The van der Waals surface area contributed by atoms with Gasteiger partial charge in [0.1, 0.15) is 0 Å². The number of hydrogen-bond acceptors (Lipinski definition) is 0.